The summed E-state index contributed by atoms with van der Waals surface area (Å²) in [7, 11) is 3.02. The summed E-state index contributed by atoms with van der Waals surface area (Å²) in [6.07, 6.45) is -0.129. The molecule has 3 N–H and O–H groups in total. The van der Waals surface area contributed by atoms with Crippen molar-refractivity contribution >= 4 is 17.6 Å². The number of hydrogen-bond donors (Lipinski definition) is 3. The van der Waals surface area contributed by atoms with Crippen molar-refractivity contribution in [3.8, 4) is 11.5 Å². The van der Waals surface area contributed by atoms with Crippen molar-refractivity contribution in [2.75, 3.05) is 45.7 Å². The quantitative estimate of drug-likeness (QED) is 0.662. The number of carbonyl (C=O) groups excluding carboxylic acids is 1. The van der Waals surface area contributed by atoms with E-state index in [0.717, 1.165) is 13.1 Å². The van der Waals surface area contributed by atoms with Crippen molar-refractivity contribution in [2.24, 2.45) is 0 Å². The summed E-state index contributed by atoms with van der Waals surface area (Å²) >= 11 is 0. The van der Waals surface area contributed by atoms with Crippen LogP contribution >= 0.6 is 0 Å². The zero-order valence-corrected chi connectivity index (χ0v) is 13.9. The highest BCUT2D eigenvalue weighted by atomic mass is 16.5. The summed E-state index contributed by atoms with van der Waals surface area (Å²) in [5.74, 6) is -0.321. The van der Waals surface area contributed by atoms with Gasteiger partial charge in [-0.05, 0) is 12.1 Å². The molecule has 1 aromatic carbocycles. The second-order valence-electron chi connectivity index (χ2n) is 5.46. The molecule has 0 spiro atoms. The van der Waals surface area contributed by atoms with Crippen molar-refractivity contribution in [1.82, 2.24) is 10.2 Å². The van der Waals surface area contributed by atoms with E-state index in [0.29, 0.717) is 30.3 Å². The average molecular weight is 337 g/mol. The van der Waals surface area contributed by atoms with Crippen molar-refractivity contribution in [2.45, 2.75) is 12.5 Å². The molecule has 1 heterocycles. The number of methoxy groups -OCH3 is 2. The van der Waals surface area contributed by atoms with Crippen molar-refractivity contribution in [3.63, 3.8) is 0 Å². The van der Waals surface area contributed by atoms with Gasteiger partial charge in [0.1, 0.15) is 17.5 Å². The fourth-order valence-corrected chi connectivity index (χ4v) is 2.65. The number of aliphatic carboxylic acids is 1. The Balaban J connectivity index is 2.06. The summed E-state index contributed by atoms with van der Waals surface area (Å²) in [6, 6.07) is 4.19. The van der Waals surface area contributed by atoms with Crippen molar-refractivity contribution in [1.29, 1.82) is 0 Å². The van der Waals surface area contributed by atoms with Crippen molar-refractivity contribution < 1.29 is 24.2 Å². The Bertz CT molecular complexity index is 587. The van der Waals surface area contributed by atoms with Crippen molar-refractivity contribution in [3.05, 3.63) is 18.2 Å². The fraction of sp³-hybridized carbons (Fsp3) is 0.500. The van der Waals surface area contributed by atoms with Gasteiger partial charge in [0.05, 0.1) is 26.3 Å². The SMILES string of the molecule is COc1ccc(OC)c(NC(=O)CC(C(=O)O)N2CCNCC2)c1. The number of carboxylic acid groups (broad SMARTS) is 1. The maximum Gasteiger partial charge on any atom is 0.321 e. The number of piperazine rings is 1. The predicted octanol–water partition coefficient (Wildman–Crippen LogP) is 0.391. The van der Waals surface area contributed by atoms with Gasteiger partial charge >= 0.3 is 5.97 Å². The molecule has 0 saturated carbocycles. The Morgan fingerprint density at radius 3 is 2.58 bits per heavy atom. The molecule has 1 aliphatic rings. The van der Waals surface area contributed by atoms with Crippen LogP contribution in [0.15, 0.2) is 18.2 Å². The zero-order chi connectivity index (χ0) is 17.5. The van der Waals surface area contributed by atoms with Gasteiger partial charge in [0.2, 0.25) is 5.91 Å². The Kier molecular flexibility index (Phi) is 6.39. The molecule has 1 amide bonds. The van der Waals surface area contributed by atoms with E-state index < -0.39 is 12.0 Å². The van der Waals surface area contributed by atoms with Crippen LogP contribution in [0.3, 0.4) is 0 Å². The van der Waals surface area contributed by atoms with Gasteiger partial charge in [-0.2, -0.15) is 0 Å². The van der Waals surface area contributed by atoms with Gasteiger partial charge in [0.15, 0.2) is 0 Å². The number of anilines is 1. The van der Waals surface area contributed by atoms with Gasteiger partial charge in [0.25, 0.3) is 0 Å². The van der Waals surface area contributed by atoms with Gasteiger partial charge < -0.3 is 25.2 Å². The minimum absolute atomic E-state index is 0.129. The lowest BCUT2D eigenvalue weighted by Gasteiger charge is -2.32. The topological polar surface area (TPSA) is 100 Å². The van der Waals surface area contributed by atoms with E-state index in [4.69, 9.17) is 9.47 Å². The van der Waals surface area contributed by atoms with E-state index in [1.807, 2.05) is 0 Å². The number of nitrogens with one attached hydrogen (secondary N) is 2. The first kappa shape index (κ1) is 18.0. The third kappa shape index (κ3) is 4.59. The van der Waals surface area contributed by atoms with Crippen LogP contribution < -0.4 is 20.1 Å². The highest BCUT2D eigenvalue weighted by Gasteiger charge is 2.29. The summed E-state index contributed by atoms with van der Waals surface area (Å²) in [4.78, 5) is 25.7. The summed E-state index contributed by atoms with van der Waals surface area (Å²) in [5.41, 5.74) is 0.450. The number of ether oxygens (including phenoxy) is 2. The molecule has 1 aromatic rings. The molecule has 1 saturated heterocycles. The van der Waals surface area contributed by atoms with Gasteiger partial charge in [-0.3, -0.25) is 14.5 Å². The molecule has 2 rings (SSSR count). The molecule has 132 valence electrons. The zero-order valence-electron chi connectivity index (χ0n) is 13.9. The van der Waals surface area contributed by atoms with E-state index in [1.165, 1.54) is 14.2 Å². The Morgan fingerprint density at radius 2 is 2.00 bits per heavy atom. The summed E-state index contributed by atoms with van der Waals surface area (Å²) < 4.78 is 10.3. The average Bonchev–Trinajstić information content (AvgIpc) is 2.60. The highest BCUT2D eigenvalue weighted by molar-refractivity contribution is 5.95. The summed E-state index contributed by atoms with van der Waals surface area (Å²) in [6.45, 7) is 2.64. The first-order valence-electron chi connectivity index (χ1n) is 7.74. The largest absolute Gasteiger partial charge is 0.497 e. The van der Waals surface area contributed by atoms with Crippen LogP contribution in [0.5, 0.6) is 11.5 Å². The van der Waals surface area contributed by atoms with E-state index in [2.05, 4.69) is 10.6 Å². The van der Waals surface area contributed by atoms with Gasteiger partial charge in [0, 0.05) is 32.2 Å². The molecule has 8 heteroatoms. The second-order valence-corrected chi connectivity index (χ2v) is 5.46. The van der Waals surface area contributed by atoms with Crippen LogP contribution in [0.4, 0.5) is 5.69 Å². The van der Waals surface area contributed by atoms with Crippen LogP contribution in [-0.2, 0) is 9.59 Å². The lowest BCUT2D eigenvalue weighted by atomic mass is 10.1. The molecule has 1 unspecified atom stereocenters. The number of carbonyl (C=O) groups is 2. The minimum atomic E-state index is -0.996. The molecule has 0 bridgehead atoms. The molecule has 0 aliphatic carbocycles. The number of amides is 1. The first-order chi connectivity index (χ1) is 11.5. The maximum atomic E-state index is 12.3. The highest BCUT2D eigenvalue weighted by Crippen LogP contribution is 2.29. The van der Waals surface area contributed by atoms with Crippen LogP contribution in [0, 0.1) is 0 Å². The normalized spacial score (nSPS) is 16.2. The smallest absolute Gasteiger partial charge is 0.321 e. The molecule has 8 nitrogen and oxygen atoms in total. The second kappa shape index (κ2) is 8.51. The maximum absolute atomic E-state index is 12.3. The monoisotopic (exact) mass is 337 g/mol. The molecular formula is C16H23N3O5. The van der Waals surface area contributed by atoms with Crippen LogP contribution in [0.25, 0.3) is 0 Å². The minimum Gasteiger partial charge on any atom is -0.497 e. The Labute approximate surface area is 140 Å². The summed E-state index contributed by atoms with van der Waals surface area (Å²) in [5, 5.41) is 15.3. The molecule has 1 atom stereocenters. The Morgan fingerprint density at radius 1 is 1.29 bits per heavy atom. The van der Waals surface area contributed by atoms with Crippen LogP contribution in [-0.4, -0.2) is 68.3 Å². The lowest BCUT2D eigenvalue weighted by Crippen LogP contribution is -2.52. The predicted molar refractivity (Wildman–Crippen MR) is 88.7 cm³/mol. The van der Waals surface area contributed by atoms with Crippen LogP contribution in [0.2, 0.25) is 0 Å². The lowest BCUT2D eigenvalue weighted by molar-refractivity contribution is -0.145. The van der Waals surface area contributed by atoms with Crippen LogP contribution in [0.1, 0.15) is 6.42 Å². The molecule has 0 radical (unpaired) electrons. The number of benzene rings is 1. The number of hydrogen-bond acceptors (Lipinski definition) is 6. The van der Waals surface area contributed by atoms with E-state index in [1.54, 1.807) is 23.1 Å². The molecular weight excluding hydrogens is 314 g/mol. The Hall–Kier alpha value is -2.32. The first-order valence-corrected chi connectivity index (χ1v) is 7.74. The third-order valence-electron chi connectivity index (χ3n) is 3.94. The molecule has 1 aliphatic heterocycles. The van der Waals surface area contributed by atoms with Gasteiger partial charge in [-0.1, -0.05) is 0 Å². The number of rotatable bonds is 7. The molecule has 1 fully saturated rings. The van der Waals surface area contributed by atoms with Gasteiger partial charge in [-0.25, -0.2) is 0 Å². The van der Waals surface area contributed by atoms with Gasteiger partial charge in [-0.15, -0.1) is 0 Å². The molecule has 0 aromatic heterocycles. The molecule has 24 heavy (non-hydrogen) atoms. The number of carboxylic acids is 1. The standard InChI is InChI=1S/C16H23N3O5/c1-23-11-3-4-14(24-2)12(9-11)18-15(20)10-13(16(21)22)19-7-5-17-6-8-19/h3-4,9,13,17H,5-8,10H2,1-2H3,(H,18,20)(H,21,22). The number of nitrogens with zero attached hydrogens (tertiary/aromatic N) is 1. The van der Waals surface area contributed by atoms with E-state index in [-0.39, 0.29) is 12.3 Å². The third-order valence-corrected chi connectivity index (χ3v) is 3.94. The fourth-order valence-electron chi connectivity index (χ4n) is 2.65. The van der Waals surface area contributed by atoms with E-state index in [9.17, 15) is 14.7 Å². The van der Waals surface area contributed by atoms with E-state index >= 15 is 0 Å².